The van der Waals surface area contributed by atoms with Gasteiger partial charge in [0.25, 0.3) is 5.91 Å². The predicted molar refractivity (Wildman–Crippen MR) is 38.1 cm³/mol. The summed E-state index contributed by atoms with van der Waals surface area (Å²) in [6.45, 7) is 2.96. The summed E-state index contributed by atoms with van der Waals surface area (Å²) in [6, 6.07) is 0. The van der Waals surface area contributed by atoms with Crippen LogP contribution in [0.15, 0.2) is 0 Å². The Balaban J connectivity index is 2.66. The molecule has 0 aromatic rings. The smallest absolute Gasteiger partial charge is 0.251 e. The fourth-order valence-corrected chi connectivity index (χ4v) is 1.34. The maximum atomic E-state index is 11.1. The van der Waals surface area contributed by atoms with E-state index in [0.29, 0.717) is 26.1 Å². The number of hydrogen-bond donors (Lipinski definition) is 2. The van der Waals surface area contributed by atoms with Crippen LogP contribution in [-0.2, 0) is 9.53 Å². The Morgan fingerprint density at radius 1 is 1.82 bits per heavy atom. The van der Waals surface area contributed by atoms with Crippen molar-refractivity contribution in [3.8, 4) is 0 Å². The minimum absolute atomic E-state index is 0.322. The zero-order valence-corrected chi connectivity index (χ0v) is 6.59. The van der Waals surface area contributed by atoms with E-state index in [-0.39, 0.29) is 5.91 Å². The maximum Gasteiger partial charge on any atom is 0.251 e. The minimum atomic E-state index is -0.477. The van der Waals surface area contributed by atoms with Crippen molar-refractivity contribution in [3.05, 3.63) is 0 Å². The van der Waals surface area contributed by atoms with Crippen LogP contribution in [-0.4, -0.2) is 24.3 Å². The third-order valence-corrected chi connectivity index (χ3v) is 2.36. The lowest BCUT2D eigenvalue weighted by Crippen LogP contribution is -2.39. The number of nitrogens with one attached hydrogen (secondary N) is 1. The van der Waals surface area contributed by atoms with Crippen molar-refractivity contribution in [1.29, 1.82) is 0 Å². The fourth-order valence-electron chi connectivity index (χ4n) is 1.34. The molecule has 0 aliphatic carbocycles. The van der Waals surface area contributed by atoms with Gasteiger partial charge < -0.3 is 4.74 Å². The van der Waals surface area contributed by atoms with Crippen molar-refractivity contribution in [1.82, 2.24) is 5.48 Å². The first-order chi connectivity index (χ1) is 5.25. The molecule has 4 nitrogen and oxygen atoms in total. The van der Waals surface area contributed by atoms with E-state index in [1.807, 2.05) is 6.92 Å². The maximum absolute atomic E-state index is 11.1. The fraction of sp³-hybridized carbons (Fsp3) is 0.857. The quantitative estimate of drug-likeness (QED) is 0.450. The Morgan fingerprint density at radius 3 is 2.91 bits per heavy atom. The van der Waals surface area contributed by atoms with Crippen LogP contribution < -0.4 is 5.48 Å². The van der Waals surface area contributed by atoms with E-state index in [2.05, 4.69) is 0 Å². The molecule has 1 fully saturated rings. The first kappa shape index (κ1) is 8.49. The molecular formula is C7H13NO3. The highest BCUT2D eigenvalue weighted by Gasteiger charge is 2.40. The van der Waals surface area contributed by atoms with Crippen molar-refractivity contribution >= 4 is 5.91 Å². The van der Waals surface area contributed by atoms with Crippen molar-refractivity contribution in [3.63, 3.8) is 0 Å². The summed E-state index contributed by atoms with van der Waals surface area (Å²) in [7, 11) is 0. The van der Waals surface area contributed by atoms with Crippen molar-refractivity contribution < 1.29 is 14.7 Å². The highest BCUT2D eigenvalue weighted by Crippen LogP contribution is 2.31. The highest BCUT2D eigenvalue weighted by molar-refractivity contribution is 5.81. The van der Waals surface area contributed by atoms with E-state index in [4.69, 9.17) is 9.94 Å². The molecule has 2 N–H and O–H groups in total. The summed E-state index contributed by atoms with van der Waals surface area (Å²) in [5.74, 6) is -0.322. The number of carbonyl (C=O) groups excluding carboxylic acids is 1. The van der Waals surface area contributed by atoms with Gasteiger partial charge in [-0.3, -0.25) is 10.0 Å². The summed E-state index contributed by atoms with van der Waals surface area (Å²) < 4.78 is 5.10. The lowest BCUT2D eigenvalue weighted by molar-refractivity contribution is -0.140. The first-order valence-corrected chi connectivity index (χ1v) is 3.77. The van der Waals surface area contributed by atoms with Crippen molar-refractivity contribution in [2.45, 2.75) is 19.8 Å². The van der Waals surface area contributed by atoms with Crippen LogP contribution in [0, 0.1) is 5.41 Å². The molecule has 1 rings (SSSR count). The molecule has 11 heavy (non-hydrogen) atoms. The van der Waals surface area contributed by atoms with E-state index in [9.17, 15) is 4.79 Å². The van der Waals surface area contributed by atoms with Crippen LogP contribution in [0.4, 0.5) is 0 Å². The number of hydroxylamine groups is 1. The van der Waals surface area contributed by atoms with Gasteiger partial charge in [0, 0.05) is 6.61 Å². The van der Waals surface area contributed by atoms with E-state index in [1.54, 1.807) is 5.48 Å². The van der Waals surface area contributed by atoms with Gasteiger partial charge in [0.15, 0.2) is 0 Å². The molecule has 1 atom stereocenters. The largest absolute Gasteiger partial charge is 0.380 e. The molecule has 0 bridgehead atoms. The molecule has 0 spiro atoms. The number of hydrogen-bond acceptors (Lipinski definition) is 3. The molecule has 1 saturated heterocycles. The molecule has 4 heteroatoms. The van der Waals surface area contributed by atoms with Crippen molar-refractivity contribution in [2.75, 3.05) is 13.2 Å². The number of amides is 1. The van der Waals surface area contributed by atoms with Crippen LogP contribution in [0.3, 0.4) is 0 Å². The second-order valence-corrected chi connectivity index (χ2v) is 2.88. The monoisotopic (exact) mass is 159 g/mol. The third kappa shape index (κ3) is 1.36. The van der Waals surface area contributed by atoms with Crippen molar-refractivity contribution in [2.24, 2.45) is 5.41 Å². The molecule has 1 amide bonds. The van der Waals surface area contributed by atoms with E-state index < -0.39 is 5.41 Å². The third-order valence-electron chi connectivity index (χ3n) is 2.36. The van der Waals surface area contributed by atoms with Gasteiger partial charge in [-0.25, -0.2) is 5.48 Å². The average molecular weight is 159 g/mol. The molecule has 1 aliphatic rings. The summed E-state index contributed by atoms with van der Waals surface area (Å²) >= 11 is 0. The minimum Gasteiger partial charge on any atom is -0.380 e. The standard InChI is InChI=1S/C7H13NO3/c1-2-7(6(9)8-10)3-4-11-5-7/h10H,2-5H2,1H3,(H,8,9). The van der Waals surface area contributed by atoms with E-state index >= 15 is 0 Å². The molecule has 1 unspecified atom stereocenters. The topological polar surface area (TPSA) is 58.6 Å². The second-order valence-electron chi connectivity index (χ2n) is 2.88. The van der Waals surface area contributed by atoms with Gasteiger partial charge in [0.05, 0.1) is 12.0 Å². The van der Waals surface area contributed by atoms with E-state index in [1.165, 1.54) is 0 Å². The molecule has 1 aliphatic heterocycles. The van der Waals surface area contributed by atoms with Crippen LogP contribution >= 0.6 is 0 Å². The Morgan fingerprint density at radius 2 is 2.55 bits per heavy atom. The lowest BCUT2D eigenvalue weighted by Gasteiger charge is -2.21. The van der Waals surface area contributed by atoms with Gasteiger partial charge in [0.1, 0.15) is 0 Å². The Bertz CT molecular complexity index is 152. The van der Waals surface area contributed by atoms with Gasteiger partial charge in [-0.05, 0) is 12.8 Å². The lowest BCUT2D eigenvalue weighted by atomic mass is 9.84. The molecule has 64 valence electrons. The first-order valence-electron chi connectivity index (χ1n) is 3.77. The Hall–Kier alpha value is -0.610. The van der Waals surface area contributed by atoms with Crippen LogP contribution in [0.2, 0.25) is 0 Å². The summed E-state index contributed by atoms with van der Waals surface area (Å²) in [4.78, 5) is 11.1. The Labute approximate surface area is 65.5 Å². The summed E-state index contributed by atoms with van der Waals surface area (Å²) in [5, 5.41) is 8.44. The normalized spacial score (nSPS) is 30.4. The molecular weight excluding hydrogens is 146 g/mol. The van der Waals surface area contributed by atoms with Gasteiger partial charge >= 0.3 is 0 Å². The zero-order valence-electron chi connectivity index (χ0n) is 6.59. The molecule has 0 aromatic heterocycles. The summed E-state index contributed by atoms with van der Waals surface area (Å²) in [5.41, 5.74) is 1.20. The zero-order chi connectivity index (χ0) is 8.32. The molecule has 0 saturated carbocycles. The van der Waals surface area contributed by atoms with Crippen LogP contribution in [0.25, 0.3) is 0 Å². The highest BCUT2D eigenvalue weighted by atomic mass is 16.5. The summed E-state index contributed by atoms with van der Waals surface area (Å²) in [6.07, 6.45) is 1.41. The second kappa shape index (κ2) is 3.19. The number of carbonyl (C=O) groups is 1. The van der Waals surface area contributed by atoms with Gasteiger partial charge in [0.2, 0.25) is 0 Å². The predicted octanol–water partition coefficient (Wildman–Crippen LogP) is 0.309. The molecule has 0 aromatic carbocycles. The average Bonchev–Trinajstić information content (AvgIpc) is 2.52. The van der Waals surface area contributed by atoms with E-state index in [0.717, 1.165) is 0 Å². The number of ether oxygens (including phenoxy) is 1. The molecule has 0 radical (unpaired) electrons. The SMILES string of the molecule is CCC1(C(=O)NO)CCOC1. The Kier molecular flexibility index (Phi) is 2.46. The van der Waals surface area contributed by atoms with Gasteiger partial charge in [-0.15, -0.1) is 0 Å². The van der Waals surface area contributed by atoms with Gasteiger partial charge in [-0.1, -0.05) is 6.92 Å². The number of rotatable bonds is 2. The van der Waals surface area contributed by atoms with Crippen LogP contribution in [0.5, 0.6) is 0 Å². The molecule has 1 heterocycles. The van der Waals surface area contributed by atoms with Crippen LogP contribution in [0.1, 0.15) is 19.8 Å². The van der Waals surface area contributed by atoms with Gasteiger partial charge in [-0.2, -0.15) is 0 Å².